The number of aromatic amines is 2. The monoisotopic (exact) mass is 575 g/mol. The molecule has 9 aromatic rings. The van der Waals surface area contributed by atoms with E-state index >= 15 is 0 Å². The molecule has 2 aromatic heterocycles. The van der Waals surface area contributed by atoms with Gasteiger partial charge in [0.25, 0.3) is 0 Å². The number of H-pyrrole nitrogens is 2. The summed E-state index contributed by atoms with van der Waals surface area (Å²) in [5, 5.41) is 4.93. The Labute approximate surface area is 261 Å². The van der Waals surface area contributed by atoms with Crippen molar-refractivity contribution >= 4 is 60.7 Å². The Morgan fingerprint density at radius 2 is 0.844 bits per heavy atom. The van der Waals surface area contributed by atoms with Crippen molar-refractivity contribution in [1.82, 2.24) is 9.97 Å². The van der Waals surface area contributed by atoms with Crippen molar-refractivity contribution in [2.75, 3.05) is 4.90 Å². The summed E-state index contributed by atoms with van der Waals surface area (Å²) in [5.74, 6) is 0. The lowest BCUT2D eigenvalue weighted by molar-refractivity contribution is 1.28. The minimum atomic E-state index is 1.11. The quantitative estimate of drug-likeness (QED) is 0.210. The number of hydrogen-bond acceptors (Lipinski definition) is 1. The molecule has 212 valence electrons. The number of fused-ring (bicyclic) bond motifs is 6. The van der Waals surface area contributed by atoms with Gasteiger partial charge in [0.05, 0.1) is 5.69 Å². The highest BCUT2D eigenvalue weighted by atomic mass is 15.1. The third kappa shape index (κ3) is 4.21. The molecule has 0 atom stereocenters. The summed E-state index contributed by atoms with van der Waals surface area (Å²) >= 11 is 0. The lowest BCUT2D eigenvalue weighted by Gasteiger charge is -2.29. The van der Waals surface area contributed by atoms with Crippen molar-refractivity contribution in [2.24, 2.45) is 0 Å². The Kier molecular flexibility index (Phi) is 5.82. The van der Waals surface area contributed by atoms with Gasteiger partial charge in [0.1, 0.15) is 0 Å². The Balaban J connectivity index is 1.36. The molecule has 3 heteroatoms. The first-order valence-electron chi connectivity index (χ1n) is 15.4. The van der Waals surface area contributed by atoms with E-state index in [2.05, 4.69) is 179 Å². The van der Waals surface area contributed by atoms with E-state index in [0.717, 1.165) is 39.1 Å². The largest absolute Gasteiger partial charge is 0.355 e. The van der Waals surface area contributed by atoms with Crippen LogP contribution < -0.4 is 4.90 Å². The molecule has 0 fully saturated rings. The molecule has 0 radical (unpaired) electrons. The topological polar surface area (TPSA) is 34.8 Å². The maximum Gasteiger partial charge on any atom is 0.0546 e. The number of nitrogens with one attached hydrogen (secondary N) is 2. The van der Waals surface area contributed by atoms with Crippen LogP contribution in [0.4, 0.5) is 17.1 Å². The minimum Gasteiger partial charge on any atom is -0.355 e. The maximum absolute atomic E-state index is 3.61. The van der Waals surface area contributed by atoms with Gasteiger partial charge >= 0.3 is 0 Å². The molecule has 0 aliphatic heterocycles. The van der Waals surface area contributed by atoms with E-state index < -0.39 is 0 Å². The van der Waals surface area contributed by atoms with Crippen molar-refractivity contribution < 1.29 is 0 Å². The highest BCUT2D eigenvalue weighted by Gasteiger charge is 2.21. The smallest absolute Gasteiger partial charge is 0.0546 e. The molecule has 0 unspecified atom stereocenters. The second kappa shape index (κ2) is 10.3. The fourth-order valence-corrected chi connectivity index (χ4v) is 6.87. The molecule has 0 aliphatic carbocycles. The maximum atomic E-state index is 3.61. The molecule has 0 saturated carbocycles. The zero-order valence-corrected chi connectivity index (χ0v) is 24.5. The highest BCUT2D eigenvalue weighted by molar-refractivity contribution is 6.11. The molecule has 0 saturated heterocycles. The van der Waals surface area contributed by atoms with Gasteiger partial charge in [0.15, 0.2) is 0 Å². The first-order chi connectivity index (χ1) is 22.3. The molecule has 9 rings (SSSR count). The molecule has 7 aromatic carbocycles. The van der Waals surface area contributed by atoms with Gasteiger partial charge in [-0.25, -0.2) is 0 Å². The van der Waals surface area contributed by atoms with Crippen molar-refractivity contribution in [2.45, 2.75) is 0 Å². The van der Waals surface area contributed by atoms with E-state index in [4.69, 9.17) is 0 Å². The molecule has 3 nitrogen and oxygen atoms in total. The van der Waals surface area contributed by atoms with Crippen LogP contribution in [0, 0.1) is 0 Å². The third-order valence-electron chi connectivity index (χ3n) is 8.92. The Bertz CT molecular complexity index is 2450. The van der Waals surface area contributed by atoms with Gasteiger partial charge in [-0.2, -0.15) is 0 Å². The standard InChI is InChI=1S/C42H29N3/c1-3-12-30(13-4-1)45(31-14-5-2-6-15-31)41-21-11-18-32(28-22-24-39-35(26-28)33-16-7-9-19-37(33)43-39)42(41)29-23-25-40-36(27-29)34-17-8-10-20-38(34)44-40/h1-27,43-44H. The average Bonchev–Trinajstić information content (AvgIpc) is 3.67. The first kappa shape index (κ1) is 25.4. The normalized spacial score (nSPS) is 11.6. The van der Waals surface area contributed by atoms with E-state index in [1.807, 2.05) is 0 Å². The van der Waals surface area contributed by atoms with Crippen molar-refractivity contribution in [1.29, 1.82) is 0 Å². The molecular formula is C42H29N3. The van der Waals surface area contributed by atoms with Crippen LogP contribution in [0.1, 0.15) is 0 Å². The van der Waals surface area contributed by atoms with Crippen molar-refractivity contribution in [3.05, 3.63) is 164 Å². The summed E-state index contributed by atoms with van der Waals surface area (Å²) in [6.07, 6.45) is 0. The third-order valence-corrected chi connectivity index (χ3v) is 8.92. The number of rotatable bonds is 5. The summed E-state index contributed by atoms with van der Waals surface area (Å²) in [5.41, 5.74) is 12.7. The number of hydrogen-bond donors (Lipinski definition) is 2. The molecule has 0 spiro atoms. The van der Waals surface area contributed by atoms with E-state index in [1.54, 1.807) is 0 Å². The summed E-state index contributed by atoms with van der Waals surface area (Å²) < 4.78 is 0. The second-order valence-electron chi connectivity index (χ2n) is 11.6. The van der Waals surface area contributed by atoms with Gasteiger partial charge in [-0.3, -0.25) is 0 Å². The lowest BCUT2D eigenvalue weighted by Crippen LogP contribution is -2.11. The molecule has 2 heterocycles. The first-order valence-corrected chi connectivity index (χ1v) is 15.4. The fourth-order valence-electron chi connectivity index (χ4n) is 6.87. The predicted octanol–water partition coefficient (Wildman–Crippen LogP) is 11.8. The Morgan fingerprint density at radius 1 is 0.356 bits per heavy atom. The minimum absolute atomic E-state index is 1.11. The predicted molar refractivity (Wildman–Crippen MR) is 191 cm³/mol. The van der Waals surface area contributed by atoms with Gasteiger partial charge in [0, 0.05) is 60.5 Å². The van der Waals surface area contributed by atoms with Gasteiger partial charge < -0.3 is 14.9 Å². The van der Waals surface area contributed by atoms with Crippen molar-refractivity contribution in [3.63, 3.8) is 0 Å². The van der Waals surface area contributed by atoms with Crippen LogP contribution in [0.5, 0.6) is 0 Å². The molecule has 45 heavy (non-hydrogen) atoms. The fraction of sp³-hybridized carbons (Fsp3) is 0. The van der Waals surface area contributed by atoms with E-state index in [0.29, 0.717) is 0 Å². The summed E-state index contributed by atoms with van der Waals surface area (Å²) in [4.78, 5) is 9.59. The summed E-state index contributed by atoms with van der Waals surface area (Å²) in [6, 6.07) is 58.8. The average molecular weight is 576 g/mol. The van der Waals surface area contributed by atoms with Crippen LogP contribution in [-0.2, 0) is 0 Å². The number of anilines is 3. The van der Waals surface area contributed by atoms with E-state index in [-0.39, 0.29) is 0 Å². The Morgan fingerprint density at radius 3 is 1.44 bits per heavy atom. The molecule has 0 aliphatic rings. The van der Waals surface area contributed by atoms with Gasteiger partial charge in [-0.1, -0.05) is 97.1 Å². The van der Waals surface area contributed by atoms with Crippen LogP contribution in [0.3, 0.4) is 0 Å². The molecule has 0 amide bonds. The van der Waals surface area contributed by atoms with Crippen LogP contribution in [-0.4, -0.2) is 9.97 Å². The summed E-state index contributed by atoms with van der Waals surface area (Å²) in [6.45, 7) is 0. The van der Waals surface area contributed by atoms with Crippen molar-refractivity contribution in [3.8, 4) is 22.3 Å². The van der Waals surface area contributed by atoms with Crippen LogP contribution >= 0.6 is 0 Å². The van der Waals surface area contributed by atoms with E-state index in [1.165, 1.54) is 43.8 Å². The van der Waals surface area contributed by atoms with Crippen LogP contribution in [0.15, 0.2) is 164 Å². The molecular weight excluding hydrogens is 546 g/mol. The highest BCUT2D eigenvalue weighted by Crippen LogP contribution is 2.46. The number of nitrogens with zero attached hydrogens (tertiary/aromatic N) is 1. The van der Waals surface area contributed by atoms with Gasteiger partial charge in [-0.05, 0) is 83.4 Å². The lowest BCUT2D eigenvalue weighted by atomic mass is 9.90. The number of para-hydroxylation sites is 4. The number of aromatic nitrogens is 2. The van der Waals surface area contributed by atoms with Crippen LogP contribution in [0.25, 0.3) is 65.9 Å². The molecule has 2 N–H and O–H groups in total. The number of benzene rings is 7. The second-order valence-corrected chi connectivity index (χ2v) is 11.6. The Hall–Kier alpha value is -6.06. The van der Waals surface area contributed by atoms with E-state index in [9.17, 15) is 0 Å². The zero-order valence-electron chi connectivity index (χ0n) is 24.5. The van der Waals surface area contributed by atoms with Gasteiger partial charge in [-0.15, -0.1) is 0 Å². The SMILES string of the molecule is c1ccc(N(c2ccccc2)c2cccc(-c3ccc4[nH]c5ccccc5c4c3)c2-c2ccc3[nH]c4ccccc4c3c2)cc1. The van der Waals surface area contributed by atoms with Gasteiger partial charge in [0.2, 0.25) is 0 Å². The molecule has 0 bridgehead atoms. The van der Waals surface area contributed by atoms with Crippen LogP contribution in [0.2, 0.25) is 0 Å². The summed E-state index contributed by atoms with van der Waals surface area (Å²) in [7, 11) is 0. The zero-order chi connectivity index (χ0) is 29.7.